The van der Waals surface area contributed by atoms with Gasteiger partial charge >= 0.3 is 0 Å². The highest BCUT2D eigenvalue weighted by Crippen LogP contribution is 2.38. The molecule has 210 valence electrons. The minimum atomic E-state index is 0.675. The van der Waals surface area contributed by atoms with Gasteiger partial charge in [0.05, 0.1) is 16.9 Å². The molecule has 4 heteroatoms. The third-order valence-corrected chi connectivity index (χ3v) is 8.50. The van der Waals surface area contributed by atoms with Gasteiger partial charge in [0.2, 0.25) is 0 Å². The summed E-state index contributed by atoms with van der Waals surface area (Å²) in [5, 5.41) is 4.26. The fourth-order valence-electron chi connectivity index (χ4n) is 6.26. The van der Waals surface area contributed by atoms with Gasteiger partial charge in [-0.3, -0.25) is 0 Å². The van der Waals surface area contributed by atoms with Gasteiger partial charge in [0, 0.05) is 43.8 Å². The van der Waals surface area contributed by atoms with Crippen molar-refractivity contribution in [3.8, 4) is 45.0 Å². The Morgan fingerprint density at radius 1 is 0.400 bits per heavy atom. The van der Waals surface area contributed by atoms with Crippen molar-refractivity contribution >= 4 is 43.7 Å². The lowest BCUT2D eigenvalue weighted by Crippen LogP contribution is -1.97. The topological polar surface area (TPSA) is 51.8 Å². The van der Waals surface area contributed by atoms with Gasteiger partial charge in [-0.2, -0.15) is 0 Å². The van der Waals surface area contributed by atoms with Crippen LogP contribution in [0.25, 0.3) is 88.8 Å². The average molecular weight is 576 g/mol. The molecule has 0 atom stereocenters. The Bertz CT molecular complexity index is 2520. The molecular weight excluding hydrogens is 550 g/mol. The largest absolute Gasteiger partial charge is 0.455 e. The van der Waals surface area contributed by atoms with Gasteiger partial charge in [-0.25, -0.2) is 15.0 Å². The minimum Gasteiger partial charge on any atom is -0.455 e. The van der Waals surface area contributed by atoms with Gasteiger partial charge in [0.15, 0.2) is 5.82 Å². The Balaban J connectivity index is 1.23. The van der Waals surface area contributed by atoms with E-state index < -0.39 is 0 Å². The summed E-state index contributed by atoms with van der Waals surface area (Å²) in [6.45, 7) is 0. The van der Waals surface area contributed by atoms with Gasteiger partial charge in [-0.05, 0) is 23.8 Å². The van der Waals surface area contributed by atoms with Crippen molar-refractivity contribution in [2.75, 3.05) is 0 Å². The molecule has 0 N–H and O–H groups in total. The highest BCUT2D eigenvalue weighted by molar-refractivity contribution is 6.10. The third-order valence-electron chi connectivity index (χ3n) is 8.50. The van der Waals surface area contributed by atoms with Crippen LogP contribution in [0.15, 0.2) is 156 Å². The first-order chi connectivity index (χ1) is 22.3. The number of rotatable bonds is 4. The standard InChI is InChI=1S/C41H25N3O/c1-3-10-27(11-4-1)35-25-23-29-22-24-34-37(43-41(30-12-5-2-6-13-30)44-39(34)38(29)42-35)28-20-18-26(19-21-28)31-15-9-16-33-32-14-7-8-17-36(32)45-40(31)33/h1-25H. The number of pyridine rings is 1. The maximum absolute atomic E-state index is 6.33. The summed E-state index contributed by atoms with van der Waals surface area (Å²) in [5.41, 5.74) is 10.5. The van der Waals surface area contributed by atoms with Crippen molar-refractivity contribution in [3.63, 3.8) is 0 Å². The molecule has 45 heavy (non-hydrogen) atoms. The second-order valence-electron chi connectivity index (χ2n) is 11.2. The molecule has 9 aromatic rings. The molecule has 0 fully saturated rings. The molecule has 0 radical (unpaired) electrons. The summed E-state index contributed by atoms with van der Waals surface area (Å²) < 4.78 is 6.33. The molecule has 0 saturated carbocycles. The first kappa shape index (κ1) is 25.4. The van der Waals surface area contributed by atoms with E-state index in [1.807, 2.05) is 48.5 Å². The van der Waals surface area contributed by atoms with Crippen molar-refractivity contribution in [3.05, 3.63) is 152 Å². The van der Waals surface area contributed by atoms with E-state index in [1.165, 1.54) is 0 Å². The normalized spacial score (nSPS) is 11.6. The fourth-order valence-corrected chi connectivity index (χ4v) is 6.26. The molecule has 0 bridgehead atoms. The van der Waals surface area contributed by atoms with E-state index in [4.69, 9.17) is 19.4 Å². The van der Waals surface area contributed by atoms with Gasteiger partial charge in [-0.15, -0.1) is 0 Å². The summed E-state index contributed by atoms with van der Waals surface area (Å²) in [5.74, 6) is 0.675. The van der Waals surface area contributed by atoms with E-state index in [0.717, 1.165) is 82.9 Å². The molecule has 0 aliphatic rings. The SMILES string of the molecule is c1ccc(-c2ccc3ccc4c(-c5ccc(-c6cccc7c6oc6ccccc67)cc5)nc(-c5ccccc5)nc4c3n2)cc1. The van der Waals surface area contributed by atoms with Crippen LogP contribution in [-0.2, 0) is 0 Å². The zero-order valence-electron chi connectivity index (χ0n) is 24.2. The third kappa shape index (κ3) is 4.27. The molecule has 0 unspecified atom stereocenters. The zero-order valence-corrected chi connectivity index (χ0v) is 24.2. The summed E-state index contributed by atoms with van der Waals surface area (Å²) in [6, 6.07) is 52.0. The van der Waals surface area contributed by atoms with E-state index >= 15 is 0 Å². The van der Waals surface area contributed by atoms with Crippen LogP contribution < -0.4 is 0 Å². The summed E-state index contributed by atoms with van der Waals surface area (Å²) in [4.78, 5) is 15.4. The Hall–Kier alpha value is -6.13. The molecular formula is C41H25N3O. The number of fused-ring (bicyclic) bond motifs is 6. The second-order valence-corrected chi connectivity index (χ2v) is 11.2. The van der Waals surface area contributed by atoms with Crippen LogP contribution in [0.1, 0.15) is 0 Å². The van der Waals surface area contributed by atoms with Crippen LogP contribution in [0.2, 0.25) is 0 Å². The van der Waals surface area contributed by atoms with Gasteiger partial charge < -0.3 is 4.42 Å². The molecule has 3 aromatic heterocycles. The molecule has 4 nitrogen and oxygen atoms in total. The van der Waals surface area contributed by atoms with E-state index in [-0.39, 0.29) is 0 Å². The van der Waals surface area contributed by atoms with E-state index in [0.29, 0.717) is 5.82 Å². The molecule has 9 rings (SSSR count). The monoisotopic (exact) mass is 575 g/mol. The quantitative estimate of drug-likeness (QED) is 0.196. The predicted molar refractivity (Wildman–Crippen MR) is 184 cm³/mol. The van der Waals surface area contributed by atoms with E-state index in [9.17, 15) is 0 Å². The van der Waals surface area contributed by atoms with Crippen LogP contribution >= 0.6 is 0 Å². The number of para-hydroxylation sites is 2. The predicted octanol–water partition coefficient (Wildman–Crippen LogP) is 10.7. The summed E-state index contributed by atoms with van der Waals surface area (Å²) >= 11 is 0. The molecule has 3 heterocycles. The van der Waals surface area contributed by atoms with Gasteiger partial charge in [0.1, 0.15) is 16.7 Å². The van der Waals surface area contributed by atoms with Crippen LogP contribution in [0.3, 0.4) is 0 Å². The van der Waals surface area contributed by atoms with Crippen molar-refractivity contribution < 1.29 is 4.42 Å². The molecule has 0 spiro atoms. The number of hydrogen-bond donors (Lipinski definition) is 0. The van der Waals surface area contributed by atoms with Crippen molar-refractivity contribution in [2.24, 2.45) is 0 Å². The summed E-state index contributed by atoms with van der Waals surface area (Å²) in [7, 11) is 0. The summed E-state index contributed by atoms with van der Waals surface area (Å²) in [6.07, 6.45) is 0. The van der Waals surface area contributed by atoms with Crippen LogP contribution in [0, 0.1) is 0 Å². The maximum atomic E-state index is 6.33. The van der Waals surface area contributed by atoms with Crippen molar-refractivity contribution in [2.45, 2.75) is 0 Å². The Morgan fingerprint density at radius 3 is 1.91 bits per heavy atom. The molecule has 6 aromatic carbocycles. The van der Waals surface area contributed by atoms with E-state index in [1.54, 1.807) is 0 Å². The smallest absolute Gasteiger partial charge is 0.160 e. The molecule has 0 saturated heterocycles. The fraction of sp³-hybridized carbons (Fsp3) is 0. The number of benzene rings is 6. The number of furan rings is 1. The molecule has 0 aliphatic heterocycles. The van der Waals surface area contributed by atoms with Crippen molar-refractivity contribution in [1.82, 2.24) is 15.0 Å². The lowest BCUT2D eigenvalue weighted by Gasteiger charge is -2.12. The van der Waals surface area contributed by atoms with Gasteiger partial charge in [-0.1, -0.05) is 133 Å². The van der Waals surface area contributed by atoms with E-state index in [2.05, 4.69) is 103 Å². The lowest BCUT2D eigenvalue weighted by molar-refractivity contribution is 0.670. The molecule has 0 amide bonds. The first-order valence-electron chi connectivity index (χ1n) is 15.0. The second kappa shape index (κ2) is 10.2. The zero-order chi connectivity index (χ0) is 29.7. The number of aromatic nitrogens is 3. The Kier molecular flexibility index (Phi) is 5.78. The first-order valence-corrected chi connectivity index (χ1v) is 15.0. The van der Waals surface area contributed by atoms with Crippen LogP contribution in [0.5, 0.6) is 0 Å². The maximum Gasteiger partial charge on any atom is 0.160 e. The minimum absolute atomic E-state index is 0.675. The number of hydrogen-bond acceptors (Lipinski definition) is 4. The highest BCUT2D eigenvalue weighted by atomic mass is 16.3. The van der Waals surface area contributed by atoms with Crippen LogP contribution in [-0.4, -0.2) is 15.0 Å². The van der Waals surface area contributed by atoms with Gasteiger partial charge in [0.25, 0.3) is 0 Å². The number of nitrogens with zero attached hydrogens (tertiary/aromatic N) is 3. The van der Waals surface area contributed by atoms with Crippen LogP contribution in [0.4, 0.5) is 0 Å². The Labute approximate surface area is 259 Å². The molecule has 0 aliphatic carbocycles. The average Bonchev–Trinajstić information content (AvgIpc) is 3.51. The highest BCUT2D eigenvalue weighted by Gasteiger charge is 2.17. The lowest BCUT2D eigenvalue weighted by atomic mass is 9.98. The van der Waals surface area contributed by atoms with Crippen molar-refractivity contribution in [1.29, 1.82) is 0 Å². The Morgan fingerprint density at radius 2 is 1.09 bits per heavy atom.